The van der Waals surface area contributed by atoms with E-state index < -0.39 is 21.0 Å². The Labute approximate surface area is 110 Å². The second-order valence-corrected chi connectivity index (χ2v) is 5.90. The molecule has 0 bridgehead atoms. The van der Waals surface area contributed by atoms with Crippen LogP contribution < -0.4 is 4.83 Å². The third-order valence-electron chi connectivity index (χ3n) is 2.86. The van der Waals surface area contributed by atoms with Gasteiger partial charge in [-0.2, -0.15) is 5.10 Å². The Kier molecular flexibility index (Phi) is 3.85. The summed E-state index contributed by atoms with van der Waals surface area (Å²) in [5.41, 5.74) is -0.373. The standard InChI is InChI=1S/C9H15N5O4S/c1-13-2-4-14(5-3-13)12-19(17,18)8-7(9(15)16)6-10-11-8/h6,12H,2-5H2,1H3,(H,10,11)(H,15,16). The minimum atomic E-state index is -3.95. The fourth-order valence-electron chi connectivity index (χ4n) is 1.74. The first-order valence-electron chi connectivity index (χ1n) is 5.63. The lowest BCUT2D eigenvalue weighted by atomic mass is 10.4. The molecule has 0 aromatic carbocycles. The van der Waals surface area contributed by atoms with E-state index >= 15 is 0 Å². The molecule has 2 rings (SSSR count). The summed E-state index contributed by atoms with van der Waals surface area (Å²) < 4.78 is 24.1. The molecule has 1 saturated heterocycles. The number of H-pyrrole nitrogens is 1. The molecule has 1 aromatic heterocycles. The molecule has 1 aromatic rings. The minimum Gasteiger partial charge on any atom is -0.478 e. The van der Waals surface area contributed by atoms with Crippen molar-refractivity contribution >= 4 is 16.0 Å². The highest BCUT2D eigenvalue weighted by atomic mass is 32.2. The van der Waals surface area contributed by atoms with Gasteiger partial charge >= 0.3 is 5.97 Å². The zero-order valence-electron chi connectivity index (χ0n) is 10.3. The van der Waals surface area contributed by atoms with Crippen molar-refractivity contribution in [3.8, 4) is 0 Å². The fourth-order valence-corrected chi connectivity index (χ4v) is 2.96. The summed E-state index contributed by atoms with van der Waals surface area (Å²) in [6, 6.07) is 0. The summed E-state index contributed by atoms with van der Waals surface area (Å²) >= 11 is 0. The van der Waals surface area contributed by atoms with Crippen LogP contribution in [0.2, 0.25) is 0 Å². The Morgan fingerprint density at radius 2 is 2.05 bits per heavy atom. The number of nitrogens with zero attached hydrogens (tertiary/aromatic N) is 3. The van der Waals surface area contributed by atoms with Crippen LogP contribution in [-0.4, -0.2) is 72.8 Å². The zero-order chi connectivity index (χ0) is 14.0. The molecule has 9 nitrogen and oxygen atoms in total. The number of aromatic carboxylic acids is 1. The fraction of sp³-hybridized carbons (Fsp3) is 0.556. The van der Waals surface area contributed by atoms with Crippen LogP contribution >= 0.6 is 0 Å². The van der Waals surface area contributed by atoms with Gasteiger partial charge in [-0.15, -0.1) is 4.83 Å². The molecule has 3 N–H and O–H groups in total. The third-order valence-corrected chi connectivity index (χ3v) is 4.20. The molecular weight excluding hydrogens is 274 g/mol. The molecule has 1 fully saturated rings. The highest BCUT2D eigenvalue weighted by molar-refractivity contribution is 7.89. The summed E-state index contributed by atoms with van der Waals surface area (Å²) in [6.45, 7) is 2.53. The first-order chi connectivity index (χ1) is 8.90. The topological polar surface area (TPSA) is 119 Å². The van der Waals surface area contributed by atoms with Crippen LogP contribution in [0.4, 0.5) is 0 Å². The van der Waals surface area contributed by atoms with Gasteiger partial charge in [0.15, 0.2) is 5.03 Å². The van der Waals surface area contributed by atoms with Crippen LogP contribution in [0.5, 0.6) is 0 Å². The molecule has 0 radical (unpaired) electrons. The van der Waals surface area contributed by atoms with E-state index in [2.05, 4.69) is 19.9 Å². The Bertz CT molecular complexity index is 561. The summed E-state index contributed by atoms with van der Waals surface area (Å²) in [4.78, 5) is 15.3. The van der Waals surface area contributed by atoms with Gasteiger partial charge in [0, 0.05) is 26.2 Å². The van der Waals surface area contributed by atoms with E-state index in [1.54, 1.807) is 5.01 Å². The molecule has 106 valence electrons. The van der Waals surface area contributed by atoms with E-state index in [-0.39, 0.29) is 5.56 Å². The van der Waals surface area contributed by atoms with Gasteiger partial charge in [0.2, 0.25) is 0 Å². The van der Waals surface area contributed by atoms with Gasteiger partial charge in [-0.25, -0.2) is 18.2 Å². The highest BCUT2D eigenvalue weighted by Gasteiger charge is 2.27. The van der Waals surface area contributed by atoms with E-state index in [1.165, 1.54) is 0 Å². The molecule has 10 heteroatoms. The van der Waals surface area contributed by atoms with Crippen molar-refractivity contribution in [2.24, 2.45) is 0 Å². The summed E-state index contributed by atoms with van der Waals surface area (Å²) in [5, 5.41) is 15.7. The number of carbonyl (C=O) groups is 1. The maximum Gasteiger partial charge on any atom is 0.340 e. The Morgan fingerprint density at radius 3 is 2.63 bits per heavy atom. The van der Waals surface area contributed by atoms with E-state index in [9.17, 15) is 13.2 Å². The lowest BCUT2D eigenvalue weighted by Gasteiger charge is -2.31. The number of hydrazine groups is 1. The molecule has 0 aliphatic carbocycles. The second kappa shape index (κ2) is 5.25. The van der Waals surface area contributed by atoms with Crippen molar-refractivity contribution in [3.63, 3.8) is 0 Å². The number of aromatic amines is 1. The van der Waals surface area contributed by atoms with Crippen molar-refractivity contribution in [3.05, 3.63) is 11.8 Å². The SMILES string of the molecule is CN1CCN(NS(=O)(=O)c2[nH]ncc2C(=O)O)CC1. The number of rotatable bonds is 4. The van der Waals surface area contributed by atoms with E-state index in [4.69, 9.17) is 5.11 Å². The average Bonchev–Trinajstić information content (AvgIpc) is 2.82. The maximum atomic E-state index is 12.1. The molecule has 1 aliphatic heterocycles. The van der Waals surface area contributed by atoms with Gasteiger partial charge < -0.3 is 10.0 Å². The molecular formula is C9H15N5O4S. The molecule has 0 unspecified atom stereocenters. The first-order valence-corrected chi connectivity index (χ1v) is 7.11. The van der Waals surface area contributed by atoms with Gasteiger partial charge in [0.05, 0.1) is 6.20 Å². The zero-order valence-corrected chi connectivity index (χ0v) is 11.1. The number of carboxylic acids is 1. The van der Waals surface area contributed by atoms with Crippen molar-refractivity contribution in [1.29, 1.82) is 0 Å². The van der Waals surface area contributed by atoms with Crippen LogP contribution in [0.1, 0.15) is 10.4 Å². The van der Waals surface area contributed by atoms with E-state index in [1.807, 2.05) is 7.05 Å². The number of hydrogen-bond donors (Lipinski definition) is 3. The normalized spacial score (nSPS) is 18.6. The van der Waals surface area contributed by atoms with Crippen LogP contribution in [0, 0.1) is 0 Å². The molecule has 2 heterocycles. The number of piperazine rings is 1. The lowest BCUT2D eigenvalue weighted by molar-refractivity contribution is 0.0692. The van der Waals surface area contributed by atoms with Gasteiger partial charge in [-0.05, 0) is 7.05 Å². The molecule has 0 spiro atoms. The Balaban J connectivity index is 2.14. The van der Waals surface area contributed by atoms with Crippen molar-refractivity contribution < 1.29 is 18.3 Å². The predicted octanol–water partition coefficient (Wildman–Crippen LogP) is -1.45. The third kappa shape index (κ3) is 3.10. The van der Waals surface area contributed by atoms with Crippen molar-refractivity contribution in [1.82, 2.24) is 24.9 Å². The van der Waals surface area contributed by atoms with Crippen LogP contribution in [0.25, 0.3) is 0 Å². The first kappa shape index (κ1) is 13.9. The average molecular weight is 289 g/mol. The number of aromatic nitrogens is 2. The quantitative estimate of drug-likeness (QED) is 0.620. The highest BCUT2D eigenvalue weighted by Crippen LogP contribution is 2.12. The van der Waals surface area contributed by atoms with Crippen molar-refractivity contribution in [2.75, 3.05) is 33.2 Å². The smallest absolute Gasteiger partial charge is 0.340 e. The monoisotopic (exact) mass is 289 g/mol. The Morgan fingerprint density at radius 1 is 1.42 bits per heavy atom. The summed E-state index contributed by atoms with van der Waals surface area (Å²) in [7, 11) is -2.00. The van der Waals surface area contributed by atoms with Crippen LogP contribution in [-0.2, 0) is 10.0 Å². The number of sulfonamides is 1. The molecule has 0 saturated carbocycles. The Hall–Kier alpha value is -1.49. The molecule has 19 heavy (non-hydrogen) atoms. The minimum absolute atomic E-state index is 0.373. The molecule has 0 amide bonds. The lowest BCUT2D eigenvalue weighted by Crippen LogP contribution is -2.52. The van der Waals surface area contributed by atoms with E-state index in [0.29, 0.717) is 13.1 Å². The van der Waals surface area contributed by atoms with Gasteiger partial charge in [0.1, 0.15) is 5.56 Å². The maximum absolute atomic E-state index is 12.1. The van der Waals surface area contributed by atoms with Crippen LogP contribution in [0.3, 0.4) is 0 Å². The molecule has 1 aliphatic rings. The van der Waals surface area contributed by atoms with Crippen molar-refractivity contribution in [2.45, 2.75) is 5.03 Å². The molecule has 0 atom stereocenters. The number of likely N-dealkylation sites (N-methyl/N-ethyl adjacent to an activating group) is 1. The largest absolute Gasteiger partial charge is 0.478 e. The summed E-state index contributed by atoms with van der Waals surface area (Å²) in [5.74, 6) is -1.34. The van der Waals surface area contributed by atoms with Crippen LogP contribution in [0.15, 0.2) is 11.2 Å². The van der Waals surface area contributed by atoms with Gasteiger partial charge in [-0.3, -0.25) is 5.10 Å². The second-order valence-electron chi connectivity index (χ2n) is 4.30. The number of carboxylic acid groups (broad SMARTS) is 1. The van der Waals surface area contributed by atoms with Gasteiger partial charge in [-0.1, -0.05) is 0 Å². The van der Waals surface area contributed by atoms with E-state index in [0.717, 1.165) is 19.3 Å². The number of nitrogens with one attached hydrogen (secondary N) is 2. The number of hydrogen-bond acceptors (Lipinski definition) is 6. The predicted molar refractivity (Wildman–Crippen MR) is 64.9 cm³/mol. The van der Waals surface area contributed by atoms with Gasteiger partial charge in [0.25, 0.3) is 10.0 Å². The summed E-state index contributed by atoms with van der Waals surface area (Å²) in [6.07, 6.45) is 0.973.